The first-order chi connectivity index (χ1) is 13.1. The summed E-state index contributed by atoms with van der Waals surface area (Å²) in [6.45, 7) is 3.52. The number of hydrogen-bond acceptors (Lipinski definition) is 7. The number of amides is 1. The highest BCUT2D eigenvalue weighted by Gasteiger charge is 2.48. The van der Waals surface area contributed by atoms with E-state index in [0.717, 1.165) is 0 Å². The highest BCUT2D eigenvalue weighted by molar-refractivity contribution is 7.96. The zero-order valence-electron chi connectivity index (χ0n) is 15.5. The van der Waals surface area contributed by atoms with Crippen LogP contribution in [-0.2, 0) is 24.4 Å². The van der Waals surface area contributed by atoms with E-state index in [2.05, 4.69) is 0 Å². The van der Waals surface area contributed by atoms with Crippen LogP contribution in [0, 0.1) is 0 Å². The van der Waals surface area contributed by atoms with Gasteiger partial charge in [-0.3, -0.25) is 4.90 Å². The van der Waals surface area contributed by atoms with Crippen molar-refractivity contribution in [1.82, 2.24) is 9.80 Å². The second-order valence-corrected chi connectivity index (χ2v) is 11.7. The number of piperazine rings is 1. The predicted molar refractivity (Wildman–Crippen MR) is 105 cm³/mol. The number of rotatable bonds is 4. The number of ether oxygens (including phenoxy) is 1. The van der Waals surface area contributed by atoms with Crippen LogP contribution in [0.2, 0.25) is 5.02 Å². The number of carbonyl (C=O) groups is 1. The van der Waals surface area contributed by atoms with E-state index in [-0.39, 0.29) is 17.3 Å². The Hall–Kier alpha value is -1.36. The second kappa shape index (κ2) is 8.17. The molecule has 2 fully saturated rings. The Morgan fingerprint density at radius 3 is 2.32 bits per heavy atom. The topological polar surface area (TPSA) is 101 Å². The Balaban J connectivity index is 1.80. The van der Waals surface area contributed by atoms with E-state index in [1.165, 1.54) is 24.3 Å². The van der Waals surface area contributed by atoms with Gasteiger partial charge in [0.25, 0.3) is 0 Å². The van der Waals surface area contributed by atoms with E-state index in [0.29, 0.717) is 31.2 Å². The molecule has 0 spiro atoms. The van der Waals surface area contributed by atoms with Crippen molar-refractivity contribution in [1.29, 1.82) is 0 Å². The Morgan fingerprint density at radius 2 is 1.75 bits per heavy atom. The van der Waals surface area contributed by atoms with Gasteiger partial charge in [-0.15, -0.1) is 0 Å². The summed E-state index contributed by atoms with van der Waals surface area (Å²) in [6, 6.07) is 5.11. The van der Waals surface area contributed by atoms with Gasteiger partial charge < -0.3 is 9.64 Å². The van der Waals surface area contributed by atoms with Crippen LogP contribution in [0.3, 0.4) is 0 Å². The number of benzene rings is 1. The largest absolute Gasteiger partial charge is 0.450 e. The number of hydrogen-bond donors (Lipinski definition) is 0. The summed E-state index contributed by atoms with van der Waals surface area (Å²) >= 11 is 5.84. The first-order valence-electron chi connectivity index (χ1n) is 8.99. The third kappa shape index (κ3) is 4.45. The summed E-state index contributed by atoms with van der Waals surface area (Å²) in [5.74, 6) is -0.607. The highest BCUT2D eigenvalue weighted by atomic mass is 35.5. The maximum absolute atomic E-state index is 13.1. The zero-order chi connectivity index (χ0) is 20.5. The lowest BCUT2D eigenvalue weighted by Crippen LogP contribution is -2.55. The lowest BCUT2D eigenvalue weighted by Gasteiger charge is -2.38. The van der Waals surface area contributed by atoms with Gasteiger partial charge in [-0.25, -0.2) is 21.6 Å². The van der Waals surface area contributed by atoms with Gasteiger partial charge in [0.15, 0.2) is 19.7 Å². The van der Waals surface area contributed by atoms with Crippen LogP contribution < -0.4 is 0 Å². The zero-order valence-corrected chi connectivity index (χ0v) is 17.8. The summed E-state index contributed by atoms with van der Waals surface area (Å²) in [4.78, 5) is 15.3. The van der Waals surface area contributed by atoms with Crippen molar-refractivity contribution in [2.75, 3.05) is 44.3 Å². The Labute approximate surface area is 170 Å². The van der Waals surface area contributed by atoms with Gasteiger partial charge in [0.05, 0.1) is 28.3 Å². The third-order valence-corrected chi connectivity index (χ3v) is 9.51. The van der Waals surface area contributed by atoms with Crippen molar-refractivity contribution < 1.29 is 26.4 Å². The molecule has 1 aromatic rings. The Bertz CT molecular complexity index is 925. The average Bonchev–Trinajstić information content (AvgIpc) is 2.99. The molecule has 3 rings (SSSR count). The van der Waals surface area contributed by atoms with Gasteiger partial charge in [0, 0.05) is 37.2 Å². The van der Waals surface area contributed by atoms with Crippen molar-refractivity contribution in [3.05, 3.63) is 29.3 Å². The molecule has 8 nitrogen and oxygen atoms in total. The lowest BCUT2D eigenvalue weighted by molar-refractivity contribution is 0.0700. The molecule has 1 aromatic carbocycles. The third-order valence-electron chi connectivity index (χ3n) is 5.12. The molecule has 2 saturated heterocycles. The molecule has 0 saturated carbocycles. The number of sulfone groups is 2. The Morgan fingerprint density at radius 1 is 1.14 bits per heavy atom. The van der Waals surface area contributed by atoms with E-state index < -0.39 is 42.8 Å². The molecule has 11 heteroatoms. The van der Waals surface area contributed by atoms with Crippen LogP contribution in [0.5, 0.6) is 0 Å². The SMILES string of the molecule is CCOC(=O)N1CCN(C2CS(=O)(=O)CC2S(=O)(=O)c2ccc(Cl)cc2)CC1. The summed E-state index contributed by atoms with van der Waals surface area (Å²) in [5, 5.41) is -0.641. The smallest absolute Gasteiger partial charge is 0.409 e. The molecule has 0 bridgehead atoms. The van der Waals surface area contributed by atoms with Crippen LogP contribution in [0.1, 0.15) is 6.92 Å². The van der Waals surface area contributed by atoms with Crippen LogP contribution in [0.4, 0.5) is 4.79 Å². The van der Waals surface area contributed by atoms with Crippen molar-refractivity contribution in [3.63, 3.8) is 0 Å². The number of nitrogens with zero attached hydrogens (tertiary/aromatic N) is 2. The van der Waals surface area contributed by atoms with Crippen LogP contribution in [0.15, 0.2) is 29.2 Å². The molecule has 2 aliphatic heterocycles. The monoisotopic (exact) mass is 450 g/mol. The standard InChI is InChI=1S/C17H23ClN2O6S2/c1-2-26-17(21)20-9-7-19(8-10-20)15-11-27(22,23)12-16(15)28(24,25)14-5-3-13(18)4-6-14/h3-6,15-16H,2,7-12H2,1H3. The fourth-order valence-electron chi connectivity index (χ4n) is 3.68. The van der Waals surface area contributed by atoms with Gasteiger partial charge in [-0.05, 0) is 31.2 Å². The molecule has 2 atom stereocenters. The molecule has 0 aromatic heterocycles. The van der Waals surface area contributed by atoms with Crippen molar-refractivity contribution in [2.24, 2.45) is 0 Å². The van der Waals surface area contributed by atoms with Crippen molar-refractivity contribution in [3.8, 4) is 0 Å². The highest BCUT2D eigenvalue weighted by Crippen LogP contribution is 2.30. The molecule has 2 aliphatic rings. The predicted octanol–water partition coefficient (Wildman–Crippen LogP) is 1.05. The molecular formula is C17H23ClN2O6S2. The molecular weight excluding hydrogens is 428 g/mol. The van der Waals surface area contributed by atoms with Crippen molar-refractivity contribution >= 4 is 37.4 Å². The van der Waals surface area contributed by atoms with Crippen LogP contribution in [0.25, 0.3) is 0 Å². The second-order valence-electron chi connectivity index (χ2n) is 6.90. The normalized spacial score (nSPS) is 25.6. The van der Waals surface area contributed by atoms with Gasteiger partial charge in [0.1, 0.15) is 0 Å². The lowest BCUT2D eigenvalue weighted by atomic mass is 10.2. The summed E-state index contributed by atoms with van der Waals surface area (Å²) in [6.07, 6.45) is -0.411. The fraction of sp³-hybridized carbons (Fsp3) is 0.588. The molecule has 28 heavy (non-hydrogen) atoms. The quantitative estimate of drug-likeness (QED) is 0.675. The molecule has 1 amide bonds. The minimum absolute atomic E-state index is 0.0640. The van der Waals surface area contributed by atoms with Gasteiger partial charge in [-0.1, -0.05) is 11.6 Å². The Kier molecular flexibility index (Phi) is 6.23. The van der Waals surface area contributed by atoms with E-state index >= 15 is 0 Å². The summed E-state index contributed by atoms with van der Waals surface area (Å²) in [5.41, 5.74) is 0. The maximum atomic E-state index is 13.1. The molecule has 2 heterocycles. The average molecular weight is 451 g/mol. The molecule has 156 valence electrons. The van der Waals surface area contributed by atoms with Crippen LogP contribution >= 0.6 is 11.6 Å². The van der Waals surface area contributed by atoms with E-state index in [1.54, 1.807) is 11.8 Å². The minimum Gasteiger partial charge on any atom is -0.450 e. The van der Waals surface area contributed by atoms with Gasteiger partial charge >= 0.3 is 6.09 Å². The van der Waals surface area contributed by atoms with Gasteiger partial charge in [0.2, 0.25) is 0 Å². The first kappa shape index (κ1) is 21.4. The number of halogens is 1. The number of carbonyl (C=O) groups excluding carboxylic acids is 1. The van der Waals surface area contributed by atoms with Crippen molar-refractivity contribution in [2.45, 2.75) is 23.1 Å². The van der Waals surface area contributed by atoms with Gasteiger partial charge in [-0.2, -0.15) is 0 Å². The molecule has 0 aliphatic carbocycles. The molecule has 0 radical (unpaired) electrons. The molecule has 2 unspecified atom stereocenters. The summed E-state index contributed by atoms with van der Waals surface area (Å²) in [7, 11) is -7.33. The fourth-order valence-corrected chi connectivity index (χ4v) is 8.64. The minimum atomic E-state index is -3.85. The summed E-state index contributed by atoms with van der Waals surface area (Å²) < 4.78 is 55.8. The van der Waals surface area contributed by atoms with E-state index in [4.69, 9.17) is 16.3 Å². The van der Waals surface area contributed by atoms with Crippen LogP contribution in [-0.4, -0.2) is 88.3 Å². The van der Waals surface area contributed by atoms with E-state index in [9.17, 15) is 21.6 Å². The van der Waals surface area contributed by atoms with E-state index in [1.807, 2.05) is 4.90 Å². The molecule has 0 N–H and O–H groups in total. The first-order valence-corrected chi connectivity index (χ1v) is 12.7. The maximum Gasteiger partial charge on any atom is 0.409 e.